The minimum atomic E-state index is -1.27. The molecule has 0 bridgehead atoms. The molecule has 5 N–H and O–H groups in total. The standard InChI is InChI=1S/C33H47N7O8/c1-7-13-23(38-30(45)24(16-22-19-40(9-3)20-36-22)37-26(42)17-34-25(41)8-2)29(44)31(46)35-18-27(43)39-28(21-14-11-10-12-15-21)32(47)48-33(4,5)6/h10-12,14-15,19-20,23-24,28H,7-9,13,16-18H2,1-6H3,(H,34,41)(H,35,46)(H,37,42)(H,38,45)(H,39,43). The molecule has 262 valence electrons. The van der Waals surface area contributed by atoms with Gasteiger partial charge in [0, 0.05) is 25.6 Å². The molecule has 1 aromatic heterocycles. The quantitative estimate of drug-likeness (QED) is 0.111. The van der Waals surface area contributed by atoms with Crippen LogP contribution < -0.4 is 26.6 Å². The molecule has 3 atom stereocenters. The lowest BCUT2D eigenvalue weighted by Gasteiger charge is -2.25. The van der Waals surface area contributed by atoms with E-state index in [4.69, 9.17) is 4.74 Å². The molecule has 2 aromatic rings. The lowest BCUT2D eigenvalue weighted by Crippen LogP contribution is -2.55. The molecule has 0 fully saturated rings. The molecule has 1 heterocycles. The Morgan fingerprint density at radius 1 is 0.833 bits per heavy atom. The molecule has 48 heavy (non-hydrogen) atoms. The Balaban J connectivity index is 2.11. The van der Waals surface area contributed by atoms with Crippen LogP contribution in [0.4, 0.5) is 0 Å². The van der Waals surface area contributed by atoms with Gasteiger partial charge in [0.05, 0.1) is 31.2 Å². The number of carbonyl (C=O) groups excluding carboxylic acids is 7. The largest absolute Gasteiger partial charge is 0.458 e. The molecule has 15 heteroatoms. The van der Waals surface area contributed by atoms with Gasteiger partial charge in [-0.15, -0.1) is 0 Å². The lowest BCUT2D eigenvalue weighted by molar-refractivity contribution is -0.158. The van der Waals surface area contributed by atoms with Crippen LogP contribution in [0, 0.1) is 0 Å². The summed E-state index contributed by atoms with van der Waals surface area (Å²) in [6.07, 6.45) is 3.95. The summed E-state index contributed by atoms with van der Waals surface area (Å²) in [6, 6.07) is 4.81. The third-order valence-corrected chi connectivity index (χ3v) is 6.81. The number of nitrogens with one attached hydrogen (secondary N) is 5. The zero-order chi connectivity index (χ0) is 35.9. The van der Waals surface area contributed by atoms with Crippen LogP contribution >= 0.6 is 0 Å². The van der Waals surface area contributed by atoms with E-state index in [1.807, 2.05) is 6.92 Å². The highest BCUT2D eigenvalue weighted by Gasteiger charge is 2.32. The Bertz CT molecular complexity index is 1430. The minimum absolute atomic E-state index is 0.0219. The minimum Gasteiger partial charge on any atom is -0.458 e. The highest BCUT2D eigenvalue weighted by Crippen LogP contribution is 2.18. The van der Waals surface area contributed by atoms with Gasteiger partial charge in [0.1, 0.15) is 11.6 Å². The van der Waals surface area contributed by atoms with Crippen LogP contribution in [0.1, 0.15) is 78.1 Å². The topological polar surface area (TPSA) is 207 Å². The smallest absolute Gasteiger partial charge is 0.333 e. The van der Waals surface area contributed by atoms with Gasteiger partial charge in [0.15, 0.2) is 6.04 Å². The summed E-state index contributed by atoms with van der Waals surface area (Å²) in [6.45, 7) is 10.0. The number of benzene rings is 1. The summed E-state index contributed by atoms with van der Waals surface area (Å²) in [5, 5.41) is 12.3. The van der Waals surface area contributed by atoms with Crippen LogP contribution in [0.5, 0.6) is 0 Å². The van der Waals surface area contributed by atoms with Crippen molar-refractivity contribution >= 4 is 41.3 Å². The van der Waals surface area contributed by atoms with Crippen molar-refractivity contribution in [1.82, 2.24) is 36.1 Å². The molecule has 0 aliphatic carbocycles. The average Bonchev–Trinajstić information content (AvgIpc) is 3.51. The van der Waals surface area contributed by atoms with Gasteiger partial charge in [-0.2, -0.15) is 0 Å². The number of aryl methyl sites for hydroxylation is 1. The van der Waals surface area contributed by atoms with Crippen molar-refractivity contribution in [2.75, 3.05) is 13.1 Å². The summed E-state index contributed by atoms with van der Waals surface area (Å²) >= 11 is 0. The number of imidazole rings is 1. The van der Waals surface area contributed by atoms with Crippen LogP contribution in [0.25, 0.3) is 0 Å². The molecule has 0 aliphatic heterocycles. The molecule has 0 aliphatic rings. The molecule has 5 amide bonds. The Kier molecular flexibility index (Phi) is 15.4. The first kappa shape index (κ1) is 39.1. The van der Waals surface area contributed by atoms with E-state index in [9.17, 15) is 33.6 Å². The summed E-state index contributed by atoms with van der Waals surface area (Å²) in [7, 11) is 0. The zero-order valence-electron chi connectivity index (χ0n) is 28.4. The van der Waals surface area contributed by atoms with Crippen LogP contribution in [0.3, 0.4) is 0 Å². The Labute approximate surface area is 280 Å². The van der Waals surface area contributed by atoms with Crippen LogP contribution in [-0.2, 0) is 51.3 Å². The molecule has 2 rings (SSSR count). The molecule has 0 radical (unpaired) electrons. The zero-order valence-corrected chi connectivity index (χ0v) is 28.4. The first-order valence-electron chi connectivity index (χ1n) is 15.9. The second kappa shape index (κ2) is 18.9. The molecule has 0 spiro atoms. The van der Waals surface area contributed by atoms with Crippen molar-refractivity contribution < 1.29 is 38.3 Å². The fraction of sp³-hybridized carbons (Fsp3) is 0.515. The van der Waals surface area contributed by atoms with Crippen molar-refractivity contribution in [3.63, 3.8) is 0 Å². The van der Waals surface area contributed by atoms with Crippen LogP contribution in [0.15, 0.2) is 42.9 Å². The fourth-order valence-corrected chi connectivity index (χ4v) is 4.38. The normalized spacial score (nSPS) is 12.9. The second-order valence-corrected chi connectivity index (χ2v) is 12.0. The van der Waals surface area contributed by atoms with Crippen LogP contribution in [-0.4, -0.2) is 81.6 Å². The number of hydrogen-bond acceptors (Lipinski definition) is 9. The highest BCUT2D eigenvalue weighted by atomic mass is 16.6. The number of nitrogens with zero attached hydrogens (tertiary/aromatic N) is 2. The molecule has 0 saturated carbocycles. The molecule has 3 unspecified atom stereocenters. The van der Waals surface area contributed by atoms with Gasteiger partial charge in [-0.05, 0) is 39.7 Å². The van der Waals surface area contributed by atoms with Gasteiger partial charge in [0.25, 0.3) is 5.91 Å². The summed E-state index contributed by atoms with van der Waals surface area (Å²) in [5.74, 6) is -5.29. The number of ether oxygens (including phenoxy) is 1. The maximum atomic E-state index is 13.4. The third kappa shape index (κ3) is 13.3. The number of Topliss-reactive ketones (excluding diaryl/α,β-unsaturated/α-hetero) is 1. The van der Waals surface area contributed by atoms with E-state index in [1.54, 1.807) is 82.0 Å². The Morgan fingerprint density at radius 3 is 2.06 bits per heavy atom. The first-order valence-corrected chi connectivity index (χ1v) is 15.9. The SMILES string of the molecule is CCCC(NC(=O)C(Cc1cn(CC)cn1)NC(=O)CNC(=O)CC)C(=O)C(=O)NCC(=O)NC(C(=O)OC(C)(C)C)c1ccccc1. The fourth-order valence-electron chi connectivity index (χ4n) is 4.38. The highest BCUT2D eigenvalue weighted by molar-refractivity contribution is 6.38. The van der Waals surface area contributed by atoms with E-state index in [0.29, 0.717) is 24.2 Å². The van der Waals surface area contributed by atoms with E-state index >= 15 is 0 Å². The average molecular weight is 670 g/mol. The first-order chi connectivity index (χ1) is 22.7. The van der Waals surface area contributed by atoms with E-state index in [-0.39, 0.29) is 31.7 Å². The van der Waals surface area contributed by atoms with E-state index in [2.05, 4.69) is 31.6 Å². The van der Waals surface area contributed by atoms with Crippen molar-refractivity contribution in [3.8, 4) is 0 Å². The molecule has 1 aromatic carbocycles. The summed E-state index contributed by atoms with van der Waals surface area (Å²) < 4.78 is 7.23. The maximum Gasteiger partial charge on any atom is 0.333 e. The van der Waals surface area contributed by atoms with Crippen molar-refractivity contribution in [2.45, 2.75) is 97.5 Å². The van der Waals surface area contributed by atoms with Gasteiger partial charge < -0.3 is 35.9 Å². The molecular formula is C33H47N7O8. The third-order valence-electron chi connectivity index (χ3n) is 6.81. The number of esters is 1. The van der Waals surface area contributed by atoms with Crippen LogP contribution in [0.2, 0.25) is 0 Å². The summed E-state index contributed by atoms with van der Waals surface area (Å²) in [4.78, 5) is 93.6. The molecule has 0 saturated heterocycles. The number of rotatable bonds is 18. The van der Waals surface area contributed by atoms with Crippen molar-refractivity contribution in [2.24, 2.45) is 0 Å². The number of aromatic nitrogens is 2. The Hall–Kier alpha value is -5.08. The number of amides is 5. The van der Waals surface area contributed by atoms with Gasteiger partial charge in [-0.25, -0.2) is 9.78 Å². The Morgan fingerprint density at radius 2 is 1.48 bits per heavy atom. The monoisotopic (exact) mass is 669 g/mol. The van der Waals surface area contributed by atoms with Gasteiger partial charge in [0.2, 0.25) is 29.4 Å². The second-order valence-electron chi connectivity index (χ2n) is 12.0. The number of ketones is 1. The lowest BCUT2D eigenvalue weighted by atomic mass is 10.0. The summed E-state index contributed by atoms with van der Waals surface area (Å²) in [5.41, 5.74) is 0.138. The van der Waals surface area contributed by atoms with Gasteiger partial charge in [-0.1, -0.05) is 50.6 Å². The number of carbonyl (C=O) groups is 7. The van der Waals surface area contributed by atoms with Crippen molar-refractivity contribution in [3.05, 3.63) is 54.1 Å². The molecular weight excluding hydrogens is 622 g/mol. The van der Waals surface area contributed by atoms with E-state index in [1.165, 1.54) is 0 Å². The molecule has 15 nitrogen and oxygen atoms in total. The van der Waals surface area contributed by atoms with E-state index in [0.717, 1.165) is 0 Å². The van der Waals surface area contributed by atoms with E-state index < -0.39 is 65.7 Å². The van der Waals surface area contributed by atoms with Gasteiger partial charge in [-0.3, -0.25) is 28.8 Å². The van der Waals surface area contributed by atoms with Crippen molar-refractivity contribution in [1.29, 1.82) is 0 Å². The predicted octanol–water partition coefficient (Wildman–Crippen LogP) is 0.626. The van der Waals surface area contributed by atoms with Gasteiger partial charge >= 0.3 is 5.97 Å². The number of hydrogen-bond donors (Lipinski definition) is 5. The predicted molar refractivity (Wildman–Crippen MR) is 175 cm³/mol. The maximum absolute atomic E-state index is 13.4.